The van der Waals surface area contributed by atoms with Crippen molar-refractivity contribution >= 4 is 23.6 Å². The molecule has 3 rings (SSSR count). The van der Waals surface area contributed by atoms with Crippen molar-refractivity contribution in [2.24, 2.45) is 5.41 Å². The number of imidazole rings is 1. The van der Waals surface area contributed by atoms with Gasteiger partial charge in [-0.1, -0.05) is 42.5 Å². The van der Waals surface area contributed by atoms with Crippen molar-refractivity contribution in [1.29, 1.82) is 0 Å². The molecule has 0 unspecified atom stereocenters. The van der Waals surface area contributed by atoms with Crippen LogP contribution < -0.4 is 4.74 Å². The lowest BCUT2D eigenvalue weighted by Gasteiger charge is -2.21. The molecule has 0 radical (unpaired) electrons. The van der Waals surface area contributed by atoms with Gasteiger partial charge in [0.05, 0.1) is 16.7 Å². The van der Waals surface area contributed by atoms with Gasteiger partial charge in [-0.15, -0.1) is 0 Å². The summed E-state index contributed by atoms with van der Waals surface area (Å²) in [6, 6.07) is 9.91. The van der Waals surface area contributed by atoms with Gasteiger partial charge < -0.3 is 14.0 Å². The molecule has 6 nitrogen and oxygen atoms in total. The standard InChI is InChI=1S/C25H29N3O3/c1-17-15-28-16-20(23(29)27(5)6)19(14-10-13-18-11-8-7-9-12-18)21(22(28)26-17)31-24(30)25(2,3)4/h7-13,15-16H,14H2,1-6H3. The predicted octanol–water partition coefficient (Wildman–Crippen LogP) is 4.55. The van der Waals surface area contributed by atoms with Gasteiger partial charge in [0, 0.05) is 32.1 Å². The van der Waals surface area contributed by atoms with E-state index in [1.165, 1.54) is 4.90 Å². The van der Waals surface area contributed by atoms with E-state index >= 15 is 0 Å². The van der Waals surface area contributed by atoms with E-state index in [1.54, 1.807) is 45.5 Å². The number of hydrogen-bond donors (Lipinski definition) is 0. The highest BCUT2D eigenvalue weighted by molar-refractivity contribution is 5.97. The maximum absolute atomic E-state index is 13.0. The van der Waals surface area contributed by atoms with Gasteiger partial charge in [0.25, 0.3) is 5.91 Å². The summed E-state index contributed by atoms with van der Waals surface area (Å²) in [4.78, 5) is 31.9. The van der Waals surface area contributed by atoms with Crippen molar-refractivity contribution in [3.63, 3.8) is 0 Å². The fourth-order valence-corrected chi connectivity index (χ4v) is 3.11. The zero-order valence-electron chi connectivity index (χ0n) is 19.0. The third-order valence-corrected chi connectivity index (χ3v) is 4.80. The highest BCUT2D eigenvalue weighted by atomic mass is 16.5. The van der Waals surface area contributed by atoms with Crippen LogP contribution in [0, 0.1) is 12.3 Å². The molecule has 0 spiro atoms. The van der Waals surface area contributed by atoms with Crippen molar-refractivity contribution in [3.05, 3.63) is 71.2 Å². The maximum Gasteiger partial charge on any atom is 0.316 e. The highest BCUT2D eigenvalue weighted by Crippen LogP contribution is 2.32. The first kappa shape index (κ1) is 22.3. The predicted molar refractivity (Wildman–Crippen MR) is 122 cm³/mol. The van der Waals surface area contributed by atoms with Gasteiger partial charge in [0.15, 0.2) is 11.4 Å². The third kappa shape index (κ3) is 5.02. The zero-order chi connectivity index (χ0) is 22.8. The molecule has 3 aromatic rings. The number of aromatic nitrogens is 2. The van der Waals surface area contributed by atoms with Crippen LogP contribution in [0.4, 0.5) is 0 Å². The van der Waals surface area contributed by atoms with Crippen LogP contribution in [0.25, 0.3) is 11.7 Å². The summed E-state index contributed by atoms with van der Waals surface area (Å²) >= 11 is 0. The first-order valence-corrected chi connectivity index (χ1v) is 10.2. The van der Waals surface area contributed by atoms with Gasteiger partial charge in [-0.2, -0.15) is 0 Å². The van der Waals surface area contributed by atoms with Crippen LogP contribution in [0.3, 0.4) is 0 Å². The normalized spacial score (nSPS) is 11.8. The van der Waals surface area contributed by atoms with Crippen LogP contribution in [0.1, 0.15) is 48.0 Å². The Balaban J connectivity index is 2.17. The number of fused-ring (bicyclic) bond motifs is 1. The average molecular weight is 420 g/mol. The minimum absolute atomic E-state index is 0.163. The Morgan fingerprint density at radius 3 is 2.42 bits per heavy atom. The molecule has 1 amide bonds. The van der Waals surface area contributed by atoms with Gasteiger partial charge in [0.1, 0.15) is 0 Å². The number of nitrogens with zero attached hydrogens (tertiary/aromatic N) is 3. The molecule has 2 heterocycles. The summed E-state index contributed by atoms with van der Waals surface area (Å²) in [6.45, 7) is 7.26. The minimum Gasteiger partial charge on any atom is -0.422 e. The summed E-state index contributed by atoms with van der Waals surface area (Å²) in [5.41, 5.74) is 2.76. The fourth-order valence-electron chi connectivity index (χ4n) is 3.11. The second-order valence-corrected chi connectivity index (χ2v) is 8.82. The molecule has 0 N–H and O–H groups in total. The molecule has 0 saturated heterocycles. The first-order valence-electron chi connectivity index (χ1n) is 10.2. The topological polar surface area (TPSA) is 63.9 Å². The second-order valence-electron chi connectivity index (χ2n) is 8.82. The van der Waals surface area contributed by atoms with Gasteiger partial charge >= 0.3 is 5.97 Å². The Bertz CT molecular complexity index is 1140. The molecule has 6 heteroatoms. The zero-order valence-corrected chi connectivity index (χ0v) is 19.0. The second kappa shape index (κ2) is 8.76. The molecule has 0 saturated carbocycles. The number of pyridine rings is 1. The van der Waals surface area contributed by atoms with E-state index in [9.17, 15) is 9.59 Å². The number of rotatable bonds is 5. The van der Waals surface area contributed by atoms with Crippen LogP contribution in [0.15, 0.2) is 48.8 Å². The molecule has 0 bridgehead atoms. The lowest BCUT2D eigenvalue weighted by atomic mass is 9.97. The van der Waals surface area contributed by atoms with Crippen molar-refractivity contribution < 1.29 is 14.3 Å². The number of benzene rings is 1. The van der Waals surface area contributed by atoms with Crippen LogP contribution in [0.2, 0.25) is 0 Å². The Kier molecular flexibility index (Phi) is 6.29. The molecule has 0 aliphatic heterocycles. The van der Waals surface area contributed by atoms with Gasteiger partial charge in [-0.3, -0.25) is 9.59 Å². The van der Waals surface area contributed by atoms with E-state index in [0.29, 0.717) is 28.9 Å². The van der Waals surface area contributed by atoms with E-state index in [-0.39, 0.29) is 11.9 Å². The SMILES string of the molecule is Cc1cn2cc(C(=O)N(C)C)c(CC=Cc3ccccc3)c(OC(=O)C(C)(C)C)c2n1. The summed E-state index contributed by atoms with van der Waals surface area (Å²) < 4.78 is 7.63. The molecule has 1 aromatic carbocycles. The summed E-state index contributed by atoms with van der Waals surface area (Å²) in [6.07, 6.45) is 7.95. The van der Waals surface area contributed by atoms with E-state index < -0.39 is 5.41 Å². The molecule has 2 aromatic heterocycles. The molecule has 0 fully saturated rings. The number of esters is 1. The summed E-state index contributed by atoms with van der Waals surface area (Å²) in [5.74, 6) is -0.208. The van der Waals surface area contributed by atoms with Crippen molar-refractivity contribution in [2.75, 3.05) is 14.1 Å². The number of ether oxygens (including phenoxy) is 1. The lowest BCUT2D eigenvalue weighted by Crippen LogP contribution is -2.28. The Labute approximate surface area is 183 Å². The van der Waals surface area contributed by atoms with Crippen LogP contribution in [-0.2, 0) is 11.2 Å². The van der Waals surface area contributed by atoms with Crippen molar-refractivity contribution in [2.45, 2.75) is 34.1 Å². The number of hydrogen-bond acceptors (Lipinski definition) is 4. The number of allylic oxidation sites excluding steroid dienone is 1. The minimum atomic E-state index is -0.697. The molecule has 0 aliphatic carbocycles. The molecular weight excluding hydrogens is 390 g/mol. The van der Waals surface area contributed by atoms with E-state index in [2.05, 4.69) is 4.98 Å². The summed E-state index contributed by atoms with van der Waals surface area (Å²) in [5, 5.41) is 0. The molecular formula is C25H29N3O3. The van der Waals surface area contributed by atoms with Crippen LogP contribution in [0.5, 0.6) is 5.75 Å². The van der Waals surface area contributed by atoms with Crippen LogP contribution in [-0.4, -0.2) is 40.3 Å². The largest absolute Gasteiger partial charge is 0.422 e. The van der Waals surface area contributed by atoms with Gasteiger partial charge in [-0.25, -0.2) is 4.98 Å². The summed E-state index contributed by atoms with van der Waals surface area (Å²) in [7, 11) is 3.41. The fraction of sp³-hybridized carbons (Fsp3) is 0.320. The van der Waals surface area contributed by atoms with Crippen molar-refractivity contribution in [1.82, 2.24) is 14.3 Å². The lowest BCUT2D eigenvalue weighted by molar-refractivity contribution is -0.142. The Morgan fingerprint density at radius 2 is 1.81 bits per heavy atom. The molecule has 0 aliphatic rings. The average Bonchev–Trinajstić information content (AvgIpc) is 3.08. The maximum atomic E-state index is 13.0. The monoisotopic (exact) mass is 419 g/mol. The van der Waals surface area contributed by atoms with Crippen molar-refractivity contribution in [3.8, 4) is 5.75 Å². The quantitative estimate of drug-likeness (QED) is 0.569. The Hall–Kier alpha value is -3.41. The number of aryl methyl sites for hydroxylation is 1. The van der Waals surface area contributed by atoms with E-state index in [1.807, 2.05) is 55.6 Å². The molecule has 162 valence electrons. The van der Waals surface area contributed by atoms with E-state index in [0.717, 1.165) is 11.3 Å². The Morgan fingerprint density at radius 1 is 1.13 bits per heavy atom. The number of carbonyl (C=O) groups excluding carboxylic acids is 2. The number of carbonyl (C=O) groups is 2. The van der Waals surface area contributed by atoms with Crippen LogP contribution >= 0.6 is 0 Å². The highest BCUT2D eigenvalue weighted by Gasteiger charge is 2.28. The van der Waals surface area contributed by atoms with Gasteiger partial charge in [-0.05, 0) is 39.7 Å². The van der Waals surface area contributed by atoms with E-state index in [4.69, 9.17) is 4.74 Å². The first-order chi connectivity index (χ1) is 14.6. The molecule has 31 heavy (non-hydrogen) atoms. The smallest absolute Gasteiger partial charge is 0.316 e. The third-order valence-electron chi connectivity index (χ3n) is 4.80. The molecule has 0 atom stereocenters. The van der Waals surface area contributed by atoms with Gasteiger partial charge in [0.2, 0.25) is 0 Å². The number of amides is 1.